The molecule has 0 saturated carbocycles. The SMILES string of the molecule is FC(F)(F)CCNCCNCc1ccccc1. The minimum absolute atomic E-state index is 0.0173. The molecule has 0 aliphatic rings. The highest BCUT2D eigenvalue weighted by molar-refractivity contribution is 5.14. The molecular formula is C12H17F3N2. The monoisotopic (exact) mass is 246 g/mol. The van der Waals surface area contributed by atoms with Crippen LogP contribution in [0.3, 0.4) is 0 Å². The summed E-state index contributed by atoms with van der Waals surface area (Å²) in [5, 5.41) is 5.90. The highest BCUT2D eigenvalue weighted by Gasteiger charge is 2.25. The highest BCUT2D eigenvalue weighted by Crippen LogP contribution is 2.17. The normalized spacial score (nSPS) is 11.7. The molecule has 5 heteroatoms. The Morgan fingerprint density at radius 2 is 1.53 bits per heavy atom. The Bertz CT molecular complexity index is 298. The van der Waals surface area contributed by atoms with Crippen LogP contribution in [0.1, 0.15) is 12.0 Å². The molecule has 0 aliphatic heterocycles. The van der Waals surface area contributed by atoms with Crippen molar-refractivity contribution in [2.45, 2.75) is 19.1 Å². The predicted molar refractivity (Wildman–Crippen MR) is 61.7 cm³/mol. The Kier molecular flexibility index (Phi) is 6.00. The summed E-state index contributed by atoms with van der Waals surface area (Å²) in [5.41, 5.74) is 1.17. The van der Waals surface area contributed by atoms with Gasteiger partial charge in [0.2, 0.25) is 0 Å². The summed E-state index contributed by atoms with van der Waals surface area (Å²) in [5.74, 6) is 0. The van der Waals surface area contributed by atoms with Crippen molar-refractivity contribution in [2.24, 2.45) is 0 Å². The molecule has 0 spiro atoms. The summed E-state index contributed by atoms with van der Waals surface area (Å²) >= 11 is 0. The first kappa shape index (κ1) is 14.0. The van der Waals surface area contributed by atoms with Crippen LogP contribution in [-0.4, -0.2) is 25.8 Å². The lowest BCUT2D eigenvalue weighted by Crippen LogP contribution is -2.29. The second kappa shape index (κ2) is 7.29. The van der Waals surface area contributed by atoms with Gasteiger partial charge in [-0.2, -0.15) is 13.2 Å². The van der Waals surface area contributed by atoms with Crippen LogP contribution in [0.4, 0.5) is 13.2 Å². The van der Waals surface area contributed by atoms with Crippen molar-refractivity contribution in [1.29, 1.82) is 0 Å². The van der Waals surface area contributed by atoms with E-state index in [0.29, 0.717) is 13.1 Å². The first-order valence-corrected chi connectivity index (χ1v) is 5.60. The minimum Gasteiger partial charge on any atom is -0.315 e. The molecule has 0 heterocycles. The molecule has 17 heavy (non-hydrogen) atoms. The molecule has 1 aromatic rings. The van der Waals surface area contributed by atoms with E-state index >= 15 is 0 Å². The Morgan fingerprint density at radius 3 is 2.18 bits per heavy atom. The Hall–Kier alpha value is -1.07. The predicted octanol–water partition coefficient (Wildman–Crippen LogP) is 2.32. The van der Waals surface area contributed by atoms with Gasteiger partial charge in [-0.3, -0.25) is 0 Å². The number of hydrogen-bond acceptors (Lipinski definition) is 2. The van der Waals surface area contributed by atoms with E-state index < -0.39 is 12.6 Å². The van der Waals surface area contributed by atoms with Crippen molar-refractivity contribution in [2.75, 3.05) is 19.6 Å². The van der Waals surface area contributed by atoms with E-state index in [0.717, 1.165) is 6.54 Å². The molecule has 1 aromatic carbocycles. The fourth-order valence-electron chi connectivity index (χ4n) is 1.36. The summed E-state index contributed by atoms with van der Waals surface area (Å²) in [7, 11) is 0. The van der Waals surface area contributed by atoms with Crippen LogP contribution >= 0.6 is 0 Å². The number of benzene rings is 1. The second-order valence-corrected chi connectivity index (χ2v) is 3.78. The van der Waals surface area contributed by atoms with E-state index in [1.54, 1.807) is 0 Å². The van der Waals surface area contributed by atoms with E-state index in [1.165, 1.54) is 5.56 Å². The summed E-state index contributed by atoms with van der Waals surface area (Å²) < 4.78 is 35.4. The molecule has 1 rings (SSSR count). The second-order valence-electron chi connectivity index (χ2n) is 3.78. The third kappa shape index (κ3) is 7.76. The molecular weight excluding hydrogens is 229 g/mol. The molecule has 2 N–H and O–H groups in total. The Morgan fingerprint density at radius 1 is 0.882 bits per heavy atom. The summed E-state index contributed by atoms with van der Waals surface area (Å²) in [4.78, 5) is 0. The van der Waals surface area contributed by atoms with Crippen molar-refractivity contribution < 1.29 is 13.2 Å². The third-order valence-electron chi connectivity index (χ3n) is 2.24. The largest absolute Gasteiger partial charge is 0.390 e. The van der Waals surface area contributed by atoms with E-state index in [4.69, 9.17) is 0 Å². The zero-order valence-electron chi connectivity index (χ0n) is 9.56. The number of hydrogen-bond donors (Lipinski definition) is 2. The van der Waals surface area contributed by atoms with Gasteiger partial charge in [0.05, 0.1) is 6.42 Å². The minimum atomic E-state index is -4.07. The van der Waals surface area contributed by atoms with Gasteiger partial charge < -0.3 is 10.6 Å². The van der Waals surface area contributed by atoms with E-state index in [2.05, 4.69) is 10.6 Å². The van der Waals surface area contributed by atoms with Gasteiger partial charge in [0.25, 0.3) is 0 Å². The fraction of sp³-hybridized carbons (Fsp3) is 0.500. The lowest BCUT2D eigenvalue weighted by molar-refractivity contribution is -0.133. The number of halogens is 3. The lowest BCUT2D eigenvalue weighted by atomic mass is 10.2. The van der Waals surface area contributed by atoms with Crippen molar-refractivity contribution >= 4 is 0 Å². The lowest BCUT2D eigenvalue weighted by Gasteiger charge is -2.08. The first-order valence-electron chi connectivity index (χ1n) is 5.60. The number of alkyl halides is 3. The number of nitrogens with one attached hydrogen (secondary N) is 2. The van der Waals surface area contributed by atoms with Gasteiger partial charge in [-0.15, -0.1) is 0 Å². The van der Waals surface area contributed by atoms with Gasteiger partial charge >= 0.3 is 6.18 Å². The highest BCUT2D eigenvalue weighted by atomic mass is 19.4. The molecule has 0 saturated heterocycles. The summed E-state index contributed by atoms with van der Waals surface area (Å²) in [6.07, 6.45) is -4.84. The van der Waals surface area contributed by atoms with Crippen molar-refractivity contribution in [3.05, 3.63) is 35.9 Å². The van der Waals surface area contributed by atoms with Crippen LogP contribution in [0.5, 0.6) is 0 Å². The van der Waals surface area contributed by atoms with Gasteiger partial charge in [-0.25, -0.2) is 0 Å². The van der Waals surface area contributed by atoms with Crippen LogP contribution in [-0.2, 0) is 6.54 Å². The van der Waals surface area contributed by atoms with Crippen molar-refractivity contribution in [3.63, 3.8) is 0 Å². The molecule has 0 atom stereocenters. The van der Waals surface area contributed by atoms with Gasteiger partial charge in [-0.05, 0) is 5.56 Å². The van der Waals surface area contributed by atoms with Crippen molar-refractivity contribution in [3.8, 4) is 0 Å². The van der Waals surface area contributed by atoms with Gasteiger partial charge in [0, 0.05) is 26.2 Å². The van der Waals surface area contributed by atoms with Crippen LogP contribution in [0.25, 0.3) is 0 Å². The van der Waals surface area contributed by atoms with Crippen LogP contribution < -0.4 is 10.6 Å². The standard InChI is InChI=1S/C12H17F3N2/c13-12(14,15)6-7-16-8-9-17-10-11-4-2-1-3-5-11/h1-5,16-17H,6-10H2. The molecule has 0 unspecified atom stereocenters. The molecule has 2 nitrogen and oxygen atoms in total. The third-order valence-corrected chi connectivity index (χ3v) is 2.24. The molecule has 0 aromatic heterocycles. The average molecular weight is 246 g/mol. The molecule has 0 amide bonds. The maximum atomic E-state index is 11.8. The smallest absolute Gasteiger partial charge is 0.315 e. The quantitative estimate of drug-likeness (QED) is 0.721. The summed E-state index contributed by atoms with van der Waals surface area (Å²) in [6, 6.07) is 9.87. The molecule has 0 radical (unpaired) electrons. The Balaban J connectivity index is 1.95. The molecule has 0 bridgehead atoms. The van der Waals surface area contributed by atoms with E-state index in [1.807, 2.05) is 30.3 Å². The Labute approximate surface area is 99.2 Å². The van der Waals surface area contributed by atoms with Crippen LogP contribution in [0.15, 0.2) is 30.3 Å². The topological polar surface area (TPSA) is 24.1 Å². The van der Waals surface area contributed by atoms with E-state index in [-0.39, 0.29) is 6.54 Å². The summed E-state index contributed by atoms with van der Waals surface area (Å²) in [6.45, 7) is 1.92. The van der Waals surface area contributed by atoms with Crippen LogP contribution in [0, 0.1) is 0 Å². The van der Waals surface area contributed by atoms with E-state index in [9.17, 15) is 13.2 Å². The zero-order valence-corrected chi connectivity index (χ0v) is 9.56. The molecule has 96 valence electrons. The number of rotatable bonds is 7. The fourth-order valence-corrected chi connectivity index (χ4v) is 1.36. The molecule has 0 fully saturated rings. The van der Waals surface area contributed by atoms with Gasteiger partial charge in [-0.1, -0.05) is 30.3 Å². The van der Waals surface area contributed by atoms with Crippen LogP contribution in [0.2, 0.25) is 0 Å². The zero-order chi connectivity index (χ0) is 12.6. The van der Waals surface area contributed by atoms with Crippen molar-refractivity contribution in [1.82, 2.24) is 10.6 Å². The van der Waals surface area contributed by atoms with Gasteiger partial charge in [0.1, 0.15) is 0 Å². The first-order chi connectivity index (χ1) is 8.08. The molecule has 0 aliphatic carbocycles. The average Bonchev–Trinajstić information content (AvgIpc) is 2.28. The maximum absolute atomic E-state index is 11.8. The maximum Gasteiger partial charge on any atom is 0.390 e. The van der Waals surface area contributed by atoms with Gasteiger partial charge in [0.15, 0.2) is 0 Å².